The van der Waals surface area contributed by atoms with Crippen molar-refractivity contribution in [1.29, 1.82) is 0 Å². The molecule has 0 radical (unpaired) electrons. The predicted molar refractivity (Wildman–Crippen MR) is 171 cm³/mol. The van der Waals surface area contributed by atoms with Gasteiger partial charge in [-0.3, -0.25) is 17.4 Å². The first-order valence-corrected chi connectivity index (χ1v) is 15.4. The molecule has 0 bridgehead atoms. The van der Waals surface area contributed by atoms with E-state index in [9.17, 15) is 21.6 Å². The van der Waals surface area contributed by atoms with E-state index in [2.05, 4.69) is 74.1 Å². The number of hydrogen-bond acceptors (Lipinski definition) is 8. The van der Waals surface area contributed by atoms with E-state index in [-0.39, 0.29) is 53.8 Å². The quantitative estimate of drug-likeness (QED) is 0.0642. The Labute approximate surface area is 275 Å². The average molecular weight is 755 g/mol. The molecule has 46 heavy (non-hydrogen) atoms. The standard InChI is InChI=1S/C9H11N3O3S.C3H7N3.C3H8.C2H5BrO.2C2H4FN3.C2H5F.2FH/c1-8-2-4-9(5-3-8)16(13,14)15-7-6-11-12-10;1-2-3-5-6-4;1-3-2;3-1-2-4;2*3-1-2-5-6-4;1-2-3;;/h2-5H,6-7H2,1H3;2-3H2,1H3;3H2,1-2H3;4H,1-2H2;2*1-2H2;2H2,1H3;2*1H/p-2/i;;;;3*3-1;2*1-1. The van der Waals surface area contributed by atoms with Crippen molar-refractivity contribution >= 4 is 26.0 Å². The summed E-state index contributed by atoms with van der Waals surface area (Å²) < 4.78 is 59.9. The number of nitrogens with zero attached hydrogens (tertiary/aromatic N) is 12. The molecule has 23 heteroatoms. The van der Waals surface area contributed by atoms with E-state index >= 15 is 0 Å². The van der Waals surface area contributed by atoms with E-state index in [0.717, 1.165) is 12.0 Å². The van der Waals surface area contributed by atoms with E-state index < -0.39 is 23.5 Å². The van der Waals surface area contributed by atoms with Crippen LogP contribution in [0.3, 0.4) is 0 Å². The second-order valence-electron chi connectivity index (χ2n) is 6.67. The molecule has 0 saturated carbocycles. The molecule has 1 N–H and O–H groups in total. The average Bonchev–Trinajstić information content (AvgIpc) is 3.02. The van der Waals surface area contributed by atoms with Crippen LogP contribution in [0, 0.1) is 6.92 Å². The largest absolute Gasteiger partial charge is 1.00 e. The fraction of sp³-hybridized carbons (Fsp3) is 0.739. The zero-order valence-electron chi connectivity index (χ0n) is 26.5. The van der Waals surface area contributed by atoms with Crippen LogP contribution in [0.5, 0.6) is 0 Å². The highest BCUT2D eigenvalue weighted by Crippen LogP contribution is 2.12. The molecule has 0 spiro atoms. The molecule has 0 aliphatic heterocycles. The van der Waals surface area contributed by atoms with Gasteiger partial charge in [0, 0.05) is 31.5 Å². The van der Waals surface area contributed by atoms with Crippen LogP contribution in [-0.4, -0.2) is 78.3 Å². The minimum absolute atomic E-state index is 0. The predicted octanol–water partition coefficient (Wildman–Crippen LogP) is 3.02. The summed E-state index contributed by atoms with van der Waals surface area (Å²) in [7, 11) is -3.74. The van der Waals surface area contributed by atoms with Gasteiger partial charge in [0.15, 0.2) is 0 Å². The van der Waals surface area contributed by atoms with Crippen LogP contribution in [0.4, 0.5) is 13.2 Å². The molecule has 0 atom stereocenters. The maximum absolute atomic E-state index is 11.5. The molecule has 16 nitrogen and oxygen atoms in total. The van der Waals surface area contributed by atoms with E-state index in [1.165, 1.54) is 25.5 Å². The molecular formula is C23H44BrF5N12O4S-2. The Morgan fingerprint density at radius 3 is 1.35 bits per heavy atom. The fourth-order valence-electron chi connectivity index (χ4n) is 1.32. The first kappa shape index (κ1) is 61.5. The van der Waals surface area contributed by atoms with E-state index in [0.29, 0.717) is 11.9 Å². The van der Waals surface area contributed by atoms with Crippen molar-refractivity contribution in [3.05, 3.63) is 71.6 Å². The molecule has 0 aliphatic carbocycles. The second kappa shape index (κ2) is 60.6. The van der Waals surface area contributed by atoms with Crippen LogP contribution < -0.4 is 9.41 Å². The Balaban J connectivity index is -0.0000000679. The summed E-state index contributed by atoms with van der Waals surface area (Å²) in [5, 5.41) is 20.8. The van der Waals surface area contributed by atoms with Crippen LogP contribution in [0.1, 0.15) is 46.1 Å². The third kappa shape index (κ3) is 72.6. The van der Waals surface area contributed by atoms with Gasteiger partial charge < -0.3 is 14.5 Å². The Hall–Kier alpha value is -3.54. The molecule has 1 aromatic carbocycles. The molecule has 0 saturated heterocycles. The van der Waals surface area contributed by atoms with Gasteiger partial charge in [0.2, 0.25) is 0 Å². The van der Waals surface area contributed by atoms with Gasteiger partial charge in [0.1, 0.15) is 0 Å². The maximum atomic E-state index is 11.5. The Morgan fingerprint density at radius 2 is 1.11 bits per heavy atom. The SMILES string of the molecule is CCC.CCCN=[N+]=[N-].CC[18F].Cc1ccc(S(=O)(=O)OCCN=[N+]=[N-])cc1.OCCBr.[18F-].[18F-].[N-]=[N+]=NCC[18F].[N-]=[N+]=NCC[18F]. The topological polar surface area (TPSA) is 259 Å². The van der Waals surface area contributed by atoms with E-state index in [1.807, 2.05) is 13.8 Å². The van der Waals surface area contributed by atoms with E-state index in [1.54, 1.807) is 12.1 Å². The number of alkyl halides is 4. The monoisotopic (exact) mass is 753 g/mol. The Morgan fingerprint density at radius 1 is 0.783 bits per heavy atom. The number of hydrogen-bond donors (Lipinski definition) is 1. The van der Waals surface area contributed by atoms with Gasteiger partial charge in [0.25, 0.3) is 10.1 Å². The second-order valence-corrected chi connectivity index (χ2v) is 9.08. The summed E-state index contributed by atoms with van der Waals surface area (Å²) in [5.74, 6) is 0. The van der Waals surface area contributed by atoms with Gasteiger partial charge in [-0.25, -0.2) is 0 Å². The zero-order valence-corrected chi connectivity index (χ0v) is 28.9. The molecule has 0 fully saturated rings. The van der Waals surface area contributed by atoms with Crippen LogP contribution in [0.2, 0.25) is 0 Å². The van der Waals surface area contributed by atoms with Gasteiger partial charge >= 0.3 is 0 Å². The normalized spacial score (nSPS) is 7.87. The van der Waals surface area contributed by atoms with Crippen LogP contribution in [-0.2, 0) is 14.3 Å². The molecule has 270 valence electrons. The molecule has 0 aliphatic rings. The van der Waals surface area contributed by atoms with Crippen molar-refractivity contribution in [2.45, 2.75) is 52.4 Å². The third-order valence-electron chi connectivity index (χ3n) is 2.77. The van der Waals surface area contributed by atoms with Gasteiger partial charge in [-0.15, -0.1) is 0 Å². The minimum Gasteiger partial charge on any atom is -1.00 e. The van der Waals surface area contributed by atoms with Gasteiger partial charge in [-0.2, -0.15) is 8.42 Å². The van der Waals surface area contributed by atoms with Crippen molar-refractivity contribution in [2.75, 3.05) is 64.7 Å². The Kier molecular flexibility index (Phi) is 81.0. The number of rotatable bonds is 12. The van der Waals surface area contributed by atoms with Crippen molar-refractivity contribution in [3.8, 4) is 0 Å². The number of benzene rings is 1. The molecule has 1 aromatic rings. The summed E-state index contributed by atoms with van der Waals surface area (Å²) in [6.07, 6.45) is 2.18. The smallest absolute Gasteiger partial charge is 0.296 e. The minimum atomic E-state index is -3.74. The lowest BCUT2D eigenvalue weighted by atomic mass is 10.2. The molecule has 0 aromatic heterocycles. The highest BCUT2D eigenvalue weighted by molar-refractivity contribution is 9.09. The number of aryl methyl sites for hydroxylation is 1. The third-order valence-corrected chi connectivity index (χ3v) is 4.45. The summed E-state index contributed by atoms with van der Waals surface area (Å²) in [6, 6.07) is 6.31. The van der Waals surface area contributed by atoms with Crippen LogP contribution >= 0.6 is 15.9 Å². The summed E-state index contributed by atoms with van der Waals surface area (Å²) in [5.41, 5.74) is 31.6. The first-order valence-electron chi connectivity index (χ1n) is 12.9. The van der Waals surface area contributed by atoms with Crippen molar-refractivity contribution < 1.29 is 40.3 Å². The van der Waals surface area contributed by atoms with Crippen molar-refractivity contribution in [2.24, 2.45) is 20.5 Å². The van der Waals surface area contributed by atoms with Crippen molar-refractivity contribution in [3.63, 3.8) is 0 Å². The fourth-order valence-corrected chi connectivity index (χ4v) is 2.21. The summed E-state index contributed by atoms with van der Waals surface area (Å²) in [6.45, 7) is 8.76. The molecule has 1 rings (SSSR count). The number of aliphatic hydroxyl groups excluding tert-OH is 1. The number of aliphatic hydroxyl groups is 1. The number of halogens is 6. The van der Waals surface area contributed by atoms with Gasteiger partial charge in [-0.1, -0.05) is 87.7 Å². The maximum Gasteiger partial charge on any atom is 0.296 e. The Bertz CT molecular complexity index is 975. The molecule has 0 unspecified atom stereocenters. The van der Waals surface area contributed by atoms with Gasteiger partial charge in [0.05, 0.1) is 57.8 Å². The van der Waals surface area contributed by atoms with Crippen LogP contribution in [0.25, 0.3) is 41.8 Å². The van der Waals surface area contributed by atoms with E-state index in [4.69, 9.17) is 27.2 Å². The van der Waals surface area contributed by atoms with Gasteiger partial charge in [-0.05, 0) is 48.1 Å². The first-order chi connectivity index (χ1) is 21.0. The van der Waals surface area contributed by atoms with Crippen molar-refractivity contribution in [1.82, 2.24) is 0 Å². The molecular weight excluding hydrogens is 710 g/mol. The highest BCUT2D eigenvalue weighted by atomic mass is 79.9. The molecule has 0 amide bonds. The number of azide groups is 4. The zero-order chi connectivity index (χ0) is 35.3. The summed E-state index contributed by atoms with van der Waals surface area (Å²) in [4.78, 5) is 9.76. The molecule has 0 heterocycles. The van der Waals surface area contributed by atoms with Crippen LogP contribution in [0.15, 0.2) is 49.6 Å². The summed E-state index contributed by atoms with van der Waals surface area (Å²) >= 11 is 3.00. The lowest BCUT2D eigenvalue weighted by Crippen LogP contribution is -3.00. The highest BCUT2D eigenvalue weighted by Gasteiger charge is 2.13. The lowest BCUT2D eigenvalue weighted by molar-refractivity contribution is -0.00100. The lowest BCUT2D eigenvalue weighted by Gasteiger charge is -2.04.